The first kappa shape index (κ1) is 14.2. The van der Waals surface area contributed by atoms with Crippen LogP contribution in [0.1, 0.15) is 36.2 Å². The Balaban J connectivity index is 2.58. The minimum absolute atomic E-state index is 0.0875. The van der Waals surface area contributed by atoms with Crippen molar-refractivity contribution in [3.8, 4) is 0 Å². The molecule has 0 aliphatic rings. The number of amides is 1. The Morgan fingerprint density at radius 1 is 1.44 bits per heavy atom. The Labute approximate surface area is 109 Å². The van der Waals surface area contributed by atoms with E-state index in [2.05, 4.69) is 23.3 Å². The highest BCUT2D eigenvalue weighted by Crippen LogP contribution is 2.02. The van der Waals surface area contributed by atoms with Crippen LogP contribution in [0.4, 0.5) is 0 Å². The molecule has 0 radical (unpaired) electrons. The minimum Gasteiger partial charge on any atom is -0.348 e. The normalized spacial score (nSPS) is 11.8. The lowest BCUT2D eigenvalue weighted by Gasteiger charge is -2.06. The smallest absolute Gasteiger partial charge is 0.253 e. The minimum atomic E-state index is -0.0875. The number of allylic oxidation sites excluding steroid dienone is 2. The fourth-order valence-electron chi connectivity index (χ4n) is 1.49. The van der Waals surface area contributed by atoms with E-state index in [0.717, 1.165) is 17.6 Å². The molecule has 0 atom stereocenters. The lowest BCUT2D eigenvalue weighted by Crippen LogP contribution is -2.25. The van der Waals surface area contributed by atoms with Crippen LogP contribution < -0.4 is 5.32 Å². The molecule has 3 nitrogen and oxygen atoms in total. The van der Waals surface area contributed by atoms with Crippen molar-refractivity contribution in [2.45, 2.75) is 27.2 Å². The van der Waals surface area contributed by atoms with E-state index in [1.807, 2.05) is 32.1 Å². The summed E-state index contributed by atoms with van der Waals surface area (Å²) < 4.78 is 0. The molecule has 0 aliphatic carbocycles. The molecule has 18 heavy (non-hydrogen) atoms. The molecule has 0 bridgehead atoms. The van der Waals surface area contributed by atoms with E-state index in [9.17, 15) is 4.79 Å². The summed E-state index contributed by atoms with van der Waals surface area (Å²) in [5.41, 5.74) is 2.69. The van der Waals surface area contributed by atoms with E-state index in [1.54, 1.807) is 12.4 Å². The van der Waals surface area contributed by atoms with Gasteiger partial charge in [-0.2, -0.15) is 0 Å². The van der Waals surface area contributed by atoms with E-state index >= 15 is 0 Å². The molecular weight excluding hydrogens is 224 g/mol. The van der Waals surface area contributed by atoms with Crippen LogP contribution in [0.15, 0.2) is 42.3 Å². The summed E-state index contributed by atoms with van der Waals surface area (Å²) in [6.07, 6.45) is 10.4. The zero-order valence-electron chi connectivity index (χ0n) is 11.2. The van der Waals surface area contributed by atoms with Gasteiger partial charge in [0.2, 0.25) is 0 Å². The highest BCUT2D eigenvalue weighted by Gasteiger charge is 2.05. The van der Waals surface area contributed by atoms with Gasteiger partial charge in [0.05, 0.1) is 5.56 Å². The summed E-state index contributed by atoms with van der Waals surface area (Å²) in [5.74, 6) is -0.0875. The van der Waals surface area contributed by atoms with Crippen LogP contribution in [-0.2, 0) is 0 Å². The van der Waals surface area contributed by atoms with Gasteiger partial charge in [-0.3, -0.25) is 9.78 Å². The van der Waals surface area contributed by atoms with Gasteiger partial charge in [-0.1, -0.05) is 25.2 Å². The monoisotopic (exact) mass is 244 g/mol. The molecule has 0 aromatic carbocycles. The molecule has 1 rings (SSSR count). The fourth-order valence-corrected chi connectivity index (χ4v) is 1.49. The lowest BCUT2D eigenvalue weighted by atomic mass is 10.2. The Kier molecular flexibility index (Phi) is 5.85. The highest BCUT2D eigenvalue weighted by atomic mass is 16.1. The standard InChI is InChI=1S/C15H20N2O/c1-4-6-7-13(5-2)10-17-15(18)14-8-12(3)9-16-11-14/h5-9,11H,4,10H2,1-3H3,(H,17,18)/b7-6-,13-5+. The zero-order chi connectivity index (χ0) is 13.4. The Morgan fingerprint density at radius 2 is 2.22 bits per heavy atom. The first-order valence-electron chi connectivity index (χ1n) is 6.19. The van der Waals surface area contributed by atoms with Crippen LogP contribution in [0, 0.1) is 6.92 Å². The van der Waals surface area contributed by atoms with Crippen molar-refractivity contribution in [3.05, 3.63) is 53.4 Å². The summed E-state index contributed by atoms with van der Waals surface area (Å²) in [6.45, 7) is 6.52. The number of aryl methyl sites for hydroxylation is 1. The number of nitrogens with one attached hydrogen (secondary N) is 1. The zero-order valence-corrected chi connectivity index (χ0v) is 11.2. The first-order valence-corrected chi connectivity index (χ1v) is 6.19. The van der Waals surface area contributed by atoms with Crippen molar-refractivity contribution in [1.29, 1.82) is 0 Å². The number of pyridine rings is 1. The average molecular weight is 244 g/mol. The van der Waals surface area contributed by atoms with Gasteiger partial charge in [0.1, 0.15) is 0 Å². The van der Waals surface area contributed by atoms with Gasteiger partial charge in [0.25, 0.3) is 5.91 Å². The van der Waals surface area contributed by atoms with Gasteiger partial charge >= 0.3 is 0 Å². The predicted octanol–water partition coefficient (Wildman–Crippen LogP) is 3.03. The second-order valence-electron chi connectivity index (χ2n) is 4.11. The lowest BCUT2D eigenvalue weighted by molar-refractivity contribution is 0.0957. The summed E-state index contributed by atoms with van der Waals surface area (Å²) in [6, 6.07) is 1.83. The molecule has 1 heterocycles. The molecule has 3 heteroatoms. The first-order chi connectivity index (χ1) is 8.67. The molecule has 0 saturated heterocycles. The van der Waals surface area contributed by atoms with E-state index < -0.39 is 0 Å². The Bertz CT molecular complexity index is 461. The second kappa shape index (κ2) is 7.43. The van der Waals surface area contributed by atoms with E-state index in [-0.39, 0.29) is 5.91 Å². The summed E-state index contributed by atoms with van der Waals surface area (Å²) in [4.78, 5) is 15.9. The number of nitrogens with zero attached hydrogens (tertiary/aromatic N) is 1. The summed E-state index contributed by atoms with van der Waals surface area (Å²) in [7, 11) is 0. The molecule has 1 aromatic rings. The molecule has 0 saturated carbocycles. The fraction of sp³-hybridized carbons (Fsp3) is 0.333. The number of carbonyl (C=O) groups is 1. The number of carbonyl (C=O) groups excluding carboxylic acids is 1. The molecule has 1 N–H and O–H groups in total. The Morgan fingerprint density at radius 3 is 2.83 bits per heavy atom. The maximum Gasteiger partial charge on any atom is 0.253 e. The molecule has 0 fully saturated rings. The van der Waals surface area contributed by atoms with Crippen LogP contribution in [0.2, 0.25) is 0 Å². The maximum absolute atomic E-state index is 11.9. The van der Waals surface area contributed by atoms with Crippen molar-refractivity contribution in [1.82, 2.24) is 10.3 Å². The molecule has 1 aromatic heterocycles. The van der Waals surface area contributed by atoms with Crippen LogP contribution in [0.25, 0.3) is 0 Å². The Hall–Kier alpha value is -1.90. The third-order valence-corrected chi connectivity index (χ3v) is 2.53. The third kappa shape index (κ3) is 4.53. The largest absolute Gasteiger partial charge is 0.348 e. The topological polar surface area (TPSA) is 42.0 Å². The molecule has 0 spiro atoms. The van der Waals surface area contributed by atoms with Crippen LogP contribution in [0.5, 0.6) is 0 Å². The van der Waals surface area contributed by atoms with Gasteiger partial charge in [-0.05, 0) is 37.5 Å². The van der Waals surface area contributed by atoms with E-state index in [4.69, 9.17) is 0 Å². The van der Waals surface area contributed by atoms with Gasteiger partial charge < -0.3 is 5.32 Å². The number of hydrogen-bond acceptors (Lipinski definition) is 2. The van der Waals surface area contributed by atoms with E-state index in [0.29, 0.717) is 12.1 Å². The molecule has 0 aliphatic heterocycles. The van der Waals surface area contributed by atoms with Crippen molar-refractivity contribution in [2.24, 2.45) is 0 Å². The quantitative estimate of drug-likeness (QED) is 0.809. The van der Waals surface area contributed by atoms with Gasteiger partial charge in [-0.15, -0.1) is 0 Å². The summed E-state index contributed by atoms with van der Waals surface area (Å²) >= 11 is 0. The van der Waals surface area contributed by atoms with Gasteiger partial charge in [0.15, 0.2) is 0 Å². The van der Waals surface area contributed by atoms with E-state index in [1.165, 1.54) is 0 Å². The van der Waals surface area contributed by atoms with Gasteiger partial charge in [-0.25, -0.2) is 0 Å². The summed E-state index contributed by atoms with van der Waals surface area (Å²) in [5, 5.41) is 2.89. The molecule has 1 amide bonds. The van der Waals surface area contributed by atoms with Crippen molar-refractivity contribution in [3.63, 3.8) is 0 Å². The maximum atomic E-state index is 11.9. The predicted molar refractivity (Wildman–Crippen MR) is 74.5 cm³/mol. The van der Waals surface area contributed by atoms with Crippen molar-refractivity contribution in [2.75, 3.05) is 6.54 Å². The molecule has 0 unspecified atom stereocenters. The van der Waals surface area contributed by atoms with Gasteiger partial charge in [0, 0.05) is 18.9 Å². The molecule has 96 valence electrons. The third-order valence-electron chi connectivity index (χ3n) is 2.53. The SMILES string of the molecule is C/C=C(\C=C/CC)CNC(=O)c1cncc(C)c1. The number of hydrogen-bond donors (Lipinski definition) is 1. The number of aromatic nitrogens is 1. The highest BCUT2D eigenvalue weighted by molar-refractivity contribution is 5.94. The van der Waals surface area contributed by atoms with Crippen LogP contribution in [-0.4, -0.2) is 17.4 Å². The van der Waals surface area contributed by atoms with Crippen molar-refractivity contribution < 1.29 is 4.79 Å². The molecular formula is C15H20N2O. The van der Waals surface area contributed by atoms with Crippen LogP contribution >= 0.6 is 0 Å². The number of rotatable bonds is 5. The van der Waals surface area contributed by atoms with Crippen LogP contribution in [0.3, 0.4) is 0 Å². The average Bonchev–Trinajstić information content (AvgIpc) is 2.38. The van der Waals surface area contributed by atoms with Crippen molar-refractivity contribution >= 4 is 5.91 Å². The second-order valence-corrected chi connectivity index (χ2v) is 4.11.